The van der Waals surface area contributed by atoms with Crippen LogP contribution >= 0.6 is 0 Å². The molecule has 0 aromatic heterocycles. The summed E-state index contributed by atoms with van der Waals surface area (Å²) in [4.78, 5) is 0. The second-order valence-electron chi connectivity index (χ2n) is 6.24. The highest BCUT2D eigenvalue weighted by Gasteiger charge is 2.35. The molecule has 0 fully saturated rings. The lowest BCUT2D eigenvalue weighted by Gasteiger charge is -2.38. The van der Waals surface area contributed by atoms with Crippen molar-refractivity contribution in [2.45, 2.75) is 73.0 Å². The van der Waals surface area contributed by atoms with Crippen LogP contribution in [0.15, 0.2) is 0 Å². The molecule has 0 saturated heterocycles. The second-order valence-corrected chi connectivity index (χ2v) is 6.24. The summed E-state index contributed by atoms with van der Waals surface area (Å²) in [5, 5.41) is 18.5. The standard InChI is InChI=1S/C15H28O2/c1-7-8-9-10-13(2,3)14(4,5)11-12-15(6,16)17/h16-17H,7-10H2,1-6H3. The number of unbranched alkanes of at least 4 members (excludes halogenated alkanes) is 2. The summed E-state index contributed by atoms with van der Waals surface area (Å²) in [7, 11) is 0. The highest BCUT2D eigenvalue weighted by Crippen LogP contribution is 2.42. The van der Waals surface area contributed by atoms with Gasteiger partial charge in [0.1, 0.15) is 0 Å². The fourth-order valence-electron chi connectivity index (χ4n) is 1.57. The van der Waals surface area contributed by atoms with Crippen LogP contribution in [0.1, 0.15) is 67.2 Å². The maximum absolute atomic E-state index is 9.24. The first kappa shape index (κ1) is 16.5. The Balaban J connectivity index is 4.70. The molecule has 0 aromatic carbocycles. The van der Waals surface area contributed by atoms with E-state index in [1.165, 1.54) is 26.2 Å². The van der Waals surface area contributed by atoms with Crippen molar-refractivity contribution in [1.82, 2.24) is 0 Å². The lowest BCUT2D eigenvalue weighted by atomic mass is 9.66. The van der Waals surface area contributed by atoms with Crippen LogP contribution in [0.25, 0.3) is 0 Å². The normalized spacial score (nSPS) is 13.2. The monoisotopic (exact) mass is 240 g/mol. The van der Waals surface area contributed by atoms with Gasteiger partial charge in [-0.2, -0.15) is 0 Å². The van der Waals surface area contributed by atoms with Crippen LogP contribution in [0.5, 0.6) is 0 Å². The molecule has 2 nitrogen and oxygen atoms in total. The molecule has 0 radical (unpaired) electrons. The molecule has 2 N–H and O–H groups in total. The minimum absolute atomic E-state index is 0.0699. The van der Waals surface area contributed by atoms with Gasteiger partial charge < -0.3 is 10.2 Å². The molecule has 0 rings (SSSR count). The van der Waals surface area contributed by atoms with Crippen molar-refractivity contribution >= 4 is 0 Å². The van der Waals surface area contributed by atoms with Crippen LogP contribution in [0, 0.1) is 22.7 Å². The van der Waals surface area contributed by atoms with Gasteiger partial charge in [-0.05, 0) is 31.6 Å². The fourth-order valence-corrected chi connectivity index (χ4v) is 1.57. The molecular formula is C15H28O2. The molecule has 0 aliphatic rings. The average Bonchev–Trinajstić information content (AvgIpc) is 2.14. The summed E-state index contributed by atoms with van der Waals surface area (Å²) >= 11 is 0. The van der Waals surface area contributed by atoms with E-state index < -0.39 is 5.79 Å². The highest BCUT2D eigenvalue weighted by atomic mass is 16.5. The van der Waals surface area contributed by atoms with Gasteiger partial charge in [0.25, 0.3) is 0 Å². The Labute approximate surface area is 106 Å². The Hall–Kier alpha value is -0.520. The zero-order valence-corrected chi connectivity index (χ0v) is 12.2. The molecule has 0 heterocycles. The predicted octanol–water partition coefficient (Wildman–Crippen LogP) is 3.32. The molecule has 0 amide bonds. The van der Waals surface area contributed by atoms with Gasteiger partial charge in [-0.25, -0.2) is 0 Å². The van der Waals surface area contributed by atoms with E-state index in [9.17, 15) is 10.2 Å². The average molecular weight is 240 g/mol. The van der Waals surface area contributed by atoms with Crippen molar-refractivity contribution in [3.05, 3.63) is 0 Å². The quantitative estimate of drug-likeness (QED) is 0.439. The van der Waals surface area contributed by atoms with Crippen LogP contribution in [0.2, 0.25) is 0 Å². The number of rotatable bonds is 5. The molecule has 0 atom stereocenters. The molecular weight excluding hydrogens is 212 g/mol. The van der Waals surface area contributed by atoms with E-state index in [4.69, 9.17) is 0 Å². The van der Waals surface area contributed by atoms with Crippen molar-refractivity contribution in [2.24, 2.45) is 10.8 Å². The summed E-state index contributed by atoms with van der Waals surface area (Å²) in [5.74, 6) is 3.64. The Bertz CT molecular complexity index is 284. The van der Waals surface area contributed by atoms with Crippen LogP contribution in [0.4, 0.5) is 0 Å². The summed E-state index contributed by atoms with van der Waals surface area (Å²) in [6.45, 7) is 12.0. The van der Waals surface area contributed by atoms with Gasteiger partial charge in [0.15, 0.2) is 0 Å². The number of hydrogen-bond acceptors (Lipinski definition) is 2. The van der Waals surface area contributed by atoms with Crippen molar-refractivity contribution in [1.29, 1.82) is 0 Å². The van der Waals surface area contributed by atoms with Crippen molar-refractivity contribution in [3.63, 3.8) is 0 Å². The first-order valence-electron chi connectivity index (χ1n) is 6.51. The van der Waals surface area contributed by atoms with Crippen LogP contribution < -0.4 is 0 Å². The van der Waals surface area contributed by atoms with Gasteiger partial charge in [0.05, 0.1) is 0 Å². The zero-order chi connectivity index (χ0) is 13.7. The smallest absolute Gasteiger partial charge is 0.225 e. The molecule has 0 spiro atoms. The van der Waals surface area contributed by atoms with E-state index in [-0.39, 0.29) is 10.8 Å². The van der Waals surface area contributed by atoms with Crippen LogP contribution in [0.3, 0.4) is 0 Å². The van der Waals surface area contributed by atoms with Gasteiger partial charge in [-0.1, -0.05) is 46.0 Å². The molecule has 2 heteroatoms. The van der Waals surface area contributed by atoms with E-state index in [2.05, 4.69) is 46.5 Å². The van der Waals surface area contributed by atoms with Crippen molar-refractivity contribution in [3.8, 4) is 11.8 Å². The fraction of sp³-hybridized carbons (Fsp3) is 0.867. The first-order valence-corrected chi connectivity index (χ1v) is 6.51. The number of aliphatic hydroxyl groups is 2. The lowest BCUT2D eigenvalue weighted by molar-refractivity contribution is -0.0919. The van der Waals surface area contributed by atoms with Gasteiger partial charge >= 0.3 is 0 Å². The molecule has 0 aliphatic heterocycles. The minimum atomic E-state index is -1.89. The minimum Gasteiger partial charge on any atom is -0.356 e. The zero-order valence-electron chi connectivity index (χ0n) is 12.2. The maximum atomic E-state index is 9.24. The molecule has 100 valence electrons. The SMILES string of the molecule is CCCCCC(C)(C)C(C)(C)C#CC(C)(O)O. The first-order chi connectivity index (χ1) is 7.52. The number of hydrogen-bond donors (Lipinski definition) is 2. The van der Waals surface area contributed by atoms with E-state index in [0.717, 1.165) is 6.42 Å². The molecule has 0 aliphatic carbocycles. The molecule has 0 unspecified atom stereocenters. The summed E-state index contributed by atoms with van der Waals surface area (Å²) in [6, 6.07) is 0. The van der Waals surface area contributed by atoms with Gasteiger partial charge in [0, 0.05) is 12.3 Å². The lowest BCUT2D eigenvalue weighted by Crippen LogP contribution is -2.32. The van der Waals surface area contributed by atoms with E-state index in [1.807, 2.05) is 0 Å². The van der Waals surface area contributed by atoms with Crippen molar-refractivity contribution in [2.75, 3.05) is 0 Å². The molecule has 0 saturated carbocycles. The van der Waals surface area contributed by atoms with E-state index in [0.29, 0.717) is 0 Å². The van der Waals surface area contributed by atoms with Gasteiger partial charge in [-0.3, -0.25) is 0 Å². The Morgan fingerprint density at radius 1 is 0.882 bits per heavy atom. The summed E-state index contributed by atoms with van der Waals surface area (Å²) < 4.78 is 0. The summed E-state index contributed by atoms with van der Waals surface area (Å²) in [6.07, 6.45) is 4.76. The summed E-state index contributed by atoms with van der Waals surface area (Å²) in [5.41, 5.74) is -0.159. The molecule has 0 bridgehead atoms. The van der Waals surface area contributed by atoms with E-state index >= 15 is 0 Å². The third-order valence-electron chi connectivity index (χ3n) is 3.71. The predicted molar refractivity (Wildman–Crippen MR) is 72.3 cm³/mol. The van der Waals surface area contributed by atoms with Gasteiger partial charge in [0.2, 0.25) is 5.79 Å². The van der Waals surface area contributed by atoms with Gasteiger partial charge in [-0.15, -0.1) is 0 Å². The molecule has 17 heavy (non-hydrogen) atoms. The Kier molecular flexibility index (Phi) is 5.71. The molecule has 0 aromatic rings. The topological polar surface area (TPSA) is 40.5 Å². The third kappa shape index (κ3) is 6.10. The third-order valence-corrected chi connectivity index (χ3v) is 3.71. The maximum Gasteiger partial charge on any atom is 0.225 e. The Morgan fingerprint density at radius 3 is 1.82 bits per heavy atom. The van der Waals surface area contributed by atoms with E-state index in [1.54, 1.807) is 0 Å². The second kappa shape index (κ2) is 5.89. The van der Waals surface area contributed by atoms with Crippen LogP contribution in [-0.2, 0) is 0 Å². The largest absolute Gasteiger partial charge is 0.356 e. The van der Waals surface area contributed by atoms with Crippen molar-refractivity contribution < 1.29 is 10.2 Å². The Morgan fingerprint density at radius 2 is 1.41 bits per heavy atom. The highest BCUT2D eigenvalue weighted by molar-refractivity contribution is 5.17. The van der Waals surface area contributed by atoms with Crippen LogP contribution in [-0.4, -0.2) is 16.0 Å².